The zero-order valence-electron chi connectivity index (χ0n) is 16.0. The van der Waals surface area contributed by atoms with Crippen LogP contribution >= 0.6 is 23.4 Å². The van der Waals surface area contributed by atoms with Crippen LogP contribution in [0.3, 0.4) is 0 Å². The number of fused-ring (bicyclic) bond motifs is 1. The average molecular weight is 446 g/mol. The highest BCUT2D eigenvalue weighted by molar-refractivity contribution is 7.99. The third-order valence-electron chi connectivity index (χ3n) is 4.48. The van der Waals surface area contributed by atoms with Crippen molar-refractivity contribution in [3.05, 3.63) is 70.5 Å². The van der Waals surface area contributed by atoms with Crippen LogP contribution in [-0.2, 0) is 24.5 Å². The molecule has 0 saturated heterocycles. The minimum absolute atomic E-state index is 0.107. The van der Waals surface area contributed by atoms with E-state index in [1.807, 2.05) is 47.0 Å². The number of halogens is 1. The van der Waals surface area contributed by atoms with Gasteiger partial charge in [0.25, 0.3) is 0 Å². The first-order chi connectivity index (χ1) is 14.6. The van der Waals surface area contributed by atoms with Crippen molar-refractivity contribution in [1.82, 2.24) is 14.9 Å². The summed E-state index contributed by atoms with van der Waals surface area (Å²) in [6, 6.07) is 13.1. The summed E-state index contributed by atoms with van der Waals surface area (Å²) in [4.78, 5) is 16.7. The van der Waals surface area contributed by atoms with Crippen LogP contribution in [0.2, 0.25) is 5.02 Å². The molecule has 2 aromatic carbocycles. The molecule has 1 aliphatic heterocycles. The number of hydrogen-bond acceptors (Lipinski definition) is 6. The first kappa shape index (κ1) is 20.6. The van der Waals surface area contributed by atoms with Crippen molar-refractivity contribution >= 4 is 29.3 Å². The number of thioether (sulfide) groups is 1. The van der Waals surface area contributed by atoms with Crippen LogP contribution in [0.15, 0.2) is 53.8 Å². The van der Waals surface area contributed by atoms with Gasteiger partial charge in [-0.2, -0.15) is 0 Å². The van der Waals surface area contributed by atoms with Gasteiger partial charge in [-0.1, -0.05) is 41.6 Å². The Bertz CT molecular complexity index is 1040. The van der Waals surface area contributed by atoms with Gasteiger partial charge in [-0.15, -0.1) is 0 Å². The molecule has 0 fully saturated rings. The van der Waals surface area contributed by atoms with Gasteiger partial charge in [0.05, 0.1) is 18.1 Å². The van der Waals surface area contributed by atoms with Gasteiger partial charge < -0.3 is 24.5 Å². The third kappa shape index (κ3) is 5.08. The maximum atomic E-state index is 12.3. The number of aromatic nitrogens is 2. The van der Waals surface area contributed by atoms with Crippen molar-refractivity contribution in [1.29, 1.82) is 0 Å². The predicted molar refractivity (Wildman–Crippen MR) is 114 cm³/mol. The van der Waals surface area contributed by atoms with Crippen molar-refractivity contribution in [2.75, 3.05) is 12.5 Å². The molecule has 1 aromatic heterocycles. The van der Waals surface area contributed by atoms with E-state index in [1.54, 1.807) is 6.20 Å². The second kappa shape index (κ2) is 9.42. The minimum atomic E-state index is -0.155. The zero-order valence-corrected chi connectivity index (χ0v) is 17.6. The second-order valence-corrected chi connectivity index (χ2v) is 8.06. The van der Waals surface area contributed by atoms with Crippen LogP contribution < -0.4 is 14.8 Å². The van der Waals surface area contributed by atoms with Crippen molar-refractivity contribution in [2.24, 2.45) is 0 Å². The Kier molecular flexibility index (Phi) is 6.47. The number of benzene rings is 2. The topological polar surface area (TPSA) is 85.6 Å². The molecule has 0 aliphatic carbocycles. The summed E-state index contributed by atoms with van der Waals surface area (Å²) in [5.41, 5.74) is 2.55. The number of rotatable bonds is 8. The first-order valence-corrected chi connectivity index (χ1v) is 10.7. The number of hydrogen-bond donors (Lipinski definition) is 2. The minimum Gasteiger partial charge on any atom is -0.454 e. The Morgan fingerprint density at radius 3 is 2.73 bits per heavy atom. The largest absolute Gasteiger partial charge is 0.454 e. The monoisotopic (exact) mass is 445 g/mol. The Hall–Kier alpha value is -2.68. The summed E-state index contributed by atoms with van der Waals surface area (Å²) in [6.45, 7) is 1.04. The zero-order chi connectivity index (χ0) is 20.9. The molecule has 0 unspecified atom stereocenters. The standard InChI is InChI=1S/C21H20ClN3O4S/c22-16-4-1-14(2-5-16)9-25-10-17(11-26)24-21(25)30-12-20(27)23-8-15-3-6-18-19(7-15)29-13-28-18/h1-7,10,26H,8-9,11-13H2,(H,23,27). The maximum Gasteiger partial charge on any atom is 0.231 e. The number of nitrogens with one attached hydrogen (secondary N) is 1. The normalized spacial score (nSPS) is 12.2. The summed E-state index contributed by atoms with van der Waals surface area (Å²) in [5.74, 6) is 1.52. The van der Waals surface area contributed by atoms with Gasteiger partial charge in [-0.05, 0) is 35.4 Å². The lowest BCUT2D eigenvalue weighted by Gasteiger charge is -2.09. The summed E-state index contributed by atoms with van der Waals surface area (Å²) in [6.07, 6.45) is 1.79. The smallest absolute Gasteiger partial charge is 0.231 e. The molecule has 0 atom stereocenters. The molecule has 0 radical (unpaired) electrons. The Morgan fingerprint density at radius 2 is 1.93 bits per heavy atom. The van der Waals surface area contributed by atoms with E-state index in [2.05, 4.69) is 10.3 Å². The molecule has 2 N–H and O–H groups in total. The fraction of sp³-hybridized carbons (Fsp3) is 0.238. The fourth-order valence-electron chi connectivity index (χ4n) is 2.97. The molecule has 30 heavy (non-hydrogen) atoms. The Labute approximate surface area is 183 Å². The highest BCUT2D eigenvalue weighted by Crippen LogP contribution is 2.32. The van der Waals surface area contributed by atoms with Gasteiger partial charge >= 0.3 is 0 Å². The van der Waals surface area contributed by atoms with Gasteiger partial charge in [0.2, 0.25) is 12.7 Å². The summed E-state index contributed by atoms with van der Waals surface area (Å²) in [7, 11) is 0. The van der Waals surface area contributed by atoms with Gasteiger partial charge in [0.1, 0.15) is 0 Å². The number of ether oxygens (including phenoxy) is 2. The SMILES string of the molecule is O=C(CSc1nc(CO)cn1Cc1ccc(Cl)cc1)NCc1ccc2c(c1)OCO2. The summed E-state index contributed by atoms with van der Waals surface area (Å²) < 4.78 is 12.6. The van der Waals surface area contributed by atoms with Crippen LogP contribution in [-0.4, -0.2) is 33.1 Å². The molecular formula is C21H20ClN3O4S. The van der Waals surface area contributed by atoms with Crippen LogP contribution in [0.4, 0.5) is 0 Å². The Balaban J connectivity index is 1.34. The number of aliphatic hydroxyl groups is 1. The molecule has 2 heterocycles. The molecule has 7 nitrogen and oxygen atoms in total. The summed E-state index contributed by atoms with van der Waals surface area (Å²) >= 11 is 7.27. The lowest BCUT2D eigenvalue weighted by molar-refractivity contribution is -0.118. The van der Waals surface area contributed by atoms with E-state index >= 15 is 0 Å². The van der Waals surface area contributed by atoms with E-state index < -0.39 is 0 Å². The average Bonchev–Trinajstić information content (AvgIpc) is 3.38. The van der Waals surface area contributed by atoms with E-state index in [-0.39, 0.29) is 25.1 Å². The highest BCUT2D eigenvalue weighted by Gasteiger charge is 2.14. The van der Waals surface area contributed by atoms with Crippen molar-refractivity contribution < 1.29 is 19.4 Å². The molecule has 0 bridgehead atoms. The molecule has 9 heteroatoms. The number of carbonyl (C=O) groups is 1. The quantitative estimate of drug-likeness (QED) is 0.518. The molecule has 3 aromatic rings. The van der Waals surface area contributed by atoms with Crippen LogP contribution in [0, 0.1) is 0 Å². The molecule has 1 amide bonds. The molecule has 0 saturated carbocycles. The Morgan fingerprint density at radius 1 is 1.17 bits per heavy atom. The maximum absolute atomic E-state index is 12.3. The van der Waals surface area contributed by atoms with E-state index in [1.165, 1.54) is 11.8 Å². The highest BCUT2D eigenvalue weighted by atomic mass is 35.5. The van der Waals surface area contributed by atoms with E-state index in [0.717, 1.165) is 11.1 Å². The van der Waals surface area contributed by atoms with Crippen LogP contribution in [0.25, 0.3) is 0 Å². The van der Waals surface area contributed by atoms with Gasteiger partial charge in [-0.3, -0.25) is 4.79 Å². The molecule has 0 spiro atoms. The third-order valence-corrected chi connectivity index (χ3v) is 5.72. The predicted octanol–water partition coefficient (Wildman–Crippen LogP) is 3.21. The van der Waals surface area contributed by atoms with E-state index in [9.17, 15) is 9.90 Å². The molecular weight excluding hydrogens is 426 g/mol. The number of nitrogens with zero attached hydrogens (tertiary/aromatic N) is 2. The van der Waals surface area contributed by atoms with E-state index in [4.69, 9.17) is 21.1 Å². The number of aliphatic hydroxyl groups excluding tert-OH is 1. The van der Waals surface area contributed by atoms with Gasteiger partial charge in [0.15, 0.2) is 16.7 Å². The first-order valence-electron chi connectivity index (χ1n) is 9.30. The van der Waals surface area contributed by atoms with Crippen molar-refractivity contribution in [3.8, 4) is 11.5 Å². The fourth-order valence-corrected chi connectivity index (χ4v) is 3.93. The van der Waals surface area contributed by atoms with Gasteiger partial charge in [-0.25, -0.2) is 4.98 Å². The van der Waals surface area contributed by atoms with Crippen molar-refractivity contribution in [3.63, 3.8) is 0 Å². The number of imidazole rings is 1. The molecule has 4 rings (SSSR count). The van der Waals surface area contributed by atoms with Crippen LogP contribution in [0.1, 0.15) is 16.8 Å². The lowest BCUT2D eigenvalue weighted by Crippen LogP contribution is -2.24. The lowest BCUT2D eigenvalue weighted by atomic mass is 10.2. The molecule has 156 valence electrons. The number of amides is 1. The second-order valence-electron chi connectivity index (χ2n) is 6.68. The number of carbonyl (C=O) groups excluding carboxylic acids is 1. The van der Waals surface area contributed by atoms with Crippen molar-refractivity contribution in [2.45, 2.75) is 24.9 Å². The van der Waals surface area contributed by atoms with Gasteiger partial charge in [0, 0.05) is 24.3 Å². The van der Waals surface area contributed by atoms with E-state index in [0.29, 0.717) is 40.5 Å². The molecule has 1 aliphatic rings. The summed E-state index contributed by atoms with van der Waals surface area (Å²) in [5, 5.41) is 13.7. The van der Waals surface area contributed by atoms with Crippen LogP contribution in [0.5, 0.6) is 11.5 Å².